The van der Waals surface area contributed by atoms with Crippen molar-refractivity contribution in [3.63, 3.8) is 0 Å². The summed E-state index contributed by atoms with van der Waals surface area (Å²) in [5.41, 5.74) is 0. The van der Waals surface area contributed by atoms with E-state index in [4.69, 9.17) is 5.11 Å². The van der Waals surface area contributed by atoms with Gasteiger partial charge in [-0.3, -0.25) is 4.79 Å². The first-order valence-corrected chi connectivity index (χ1v) is 5.86. The van der Waals surface area contributed by atoms with Crippen LogP contribution >= 0.6 is 11.8 Å². The fourth-order valence-corrected chi connectivity index (χ4v) is 3.32. The van der Waals surface area contributed by atoms with Gasteiger partial charge in [-0.2, -0.15) is 0 Å². The molecule has 0 aromatic carbocycles. The van der Waals surface area contributed by atoms with E-state index in [2.05, 4.69) is 20.8 Å². The van der Waals surface area contributed by atoms with Crippen LogP contribution < -0.4 is 0 Å². The average molecular weight is 202 g/mol. The molecule has 0 amide bonds. The second-order valence-corrected chi connectivity index (χ2v) is 5.61. The van der Waals surface area contributed by atoms with Crippen LogP contribution in [0.4, 0.5) is 0 Å². The lowest BCUT2D eigenvalue weighted by Crippen LogP contribution is -2.23. The first kappa shape index (κ1) is 10.9. The number of hydrogen-bond acceptors (Lipinski definition) is 2. The molecule has 76 valence electrons. The van der Waals surface area contributed by atoms with Crippen LogP contribution in [-0.4, -0.2) is 21.1 Å². The lowest BCUT2D eigenvalue weighted by Gasteiger charge is -2.16. The van der Waals surface area contributed by atoms with Crippen LogP contribution in [-0.2, 0) is 4.79 Å². The minimum absolute atomic E-state index is 0.406. The van der Waals surface area contributed by atoms with Gasteiger partial charge in [-0.15, -0.1) is 11.8 Å². The van der Waals surface area contributed by atoms with Crippen molar-refractivity contribution in [3.05, 3.63) is 0 Å². The summed E-state index contributed by atoms with van der Waals surface area (Å²) in [6, 6.07) is 0. The van der Waals surface area contributed by atoms with Gasteiger partial charge in [0, 0.05) is 5.25 Å². The first-order valence-electron chi connectivity index (χ1n) is 4.98. The number of carboxylic acids is 1. The molecule has 3 atom stereocenters. The maximum atomic E-state index is 11.1. The Balaban J connectivity index is 2.57. The molecule has 0 aromatic heterocycles. The number of aliphatic carboxylic acids is 1. The fraction of sp³-hybridized carbons (Fsp3) is 0.900. The summed E-state index contributed by atoms with van der Waals surface area (Å²) in [6.07, 6.45) is 2.92. The third-order valence-corrected chi connectivity index (χ3v) is 4.72. The molecule has 0 aliphatic heterocycles. The predicted molar refractivity (Wildman–Crippen MR) is 56.1 cm³/mol. The highest BCUT2D eigenvalue weighted by atomic mass is 32.2. The van der Waals surface area contributed by atoms with Crippen LogP contribution in [0.25, 0.3) is 0 Å². The predicted octanol–water partition coefficient (Wildman–Crippen LogP) is 2.77. The summed E-state index contributed by atoms with van der Waals surface area (Å²) in [6.45, 7) is 6.30. The topological polar surface area (TPSA) is 37.3 Å². The lowest BCUT2D eigenvalue weighted by molar-refractivity contribution is -0.137. The summed E-state index contributed by atoms with van der Waals surface area (Å²) in [4.78, 5) is 11.1. The van der Waals surface area contributed by atoms with Gasteiger partial charge in [0.2, 0.25) is 0 Å². The largest absolute Gasteiger partial charge is 0.480 e. The van der Waals surface area contributed by atoms with Gasteiger partial charge in [0.15, 0.2) is 0 Å². The highest BCUT2D eigenvalue weighted by molar-refractivity contribution is 8.02. The maximum Gasteiger partial charge on any atom is 0.320 e. The van der Waals surface area contributed by atoms with Crippen molar-refractivity contribution >= 4 is 17.7 Å². The minimum Gasteiger partial charge on any atom is -0.480 e. The normalized spacial score (nSPS) is 34.2. The third kappa shape index (κ3) is 2.01. The molecule has 1 aliphatic carbocycles. The van der Waals surface area contributed by atoms with Gasteiger partial charge >= 0.3 is 5.97 Å². The highest BCUT2D eigenvalue weighted by Crippen LogP contribution is 2.57. The van der Waals surface area contributed by atoms with Gasteiger partial charge in [-0.1, -0.05) is 27.2 Å². The molecule has 0 heterocycles. The zero-order chi connectivity index (χ0) is 10.1. The number of carbonyl (C=O) groups is 1. The van der Waals surface area contributed by atoms with E-state index in [1.807, 2.05) is 0 Å². The second kappa shape index (κ2) is 3.91. The van der Waals surface area contributed by atoms with Gasteiger partial charge in [0.05, 0.1) is 0 Å². The molecule has 3 unspecified atom stereocenters. The molecule has 2 nitrogen and oxygen atoms in total. The molecule has 1 fully saturated rings. The molecular weight excluding hydrogens is 184 g/mol. The molecule has 0 aromatic rings. The molecule has 13 heavy (non-hydrogen) atoms. The molecule has 0 bridgehead atoms. The van der Waals surface area contributed by atoms with Gasteiger partial charge in [-0.05, 0) is 18.8 Å². The van der Waals surface area contributed by atoms with Crippen molar-refractivity contribution in [2.24, 2.45) is 5.92 Å². The molecule has 1 aliphatic rings. The van der Waals surface area contributed by atoms with Crippen molar-refractivity contribution < 1.29 is 9.90 Å². The summed E-state index contributed by atoms with van der Waals surface area (Å²) in [5, 5.41) is 9.59. The molecule has 0 spiro atoms. The van der Waals surface area contributed by atoms with Crippen LogP contribution in [0.2, 0.25) is 0 Å². The number of thioether (sulfide) groups is 1. The Bertz CT molecular complexity index is 205. The van der Waals surface area contributed by atoms with Gasteiger partial charge < -0.3 is 5.11 Å². The molecule has 3 heteroatoms. The van der Waals surface area contributed by atoms with Crippen molar-refractivity contribution in [1.82, 2.24) is 0 Å². The number of hydrogen-bond donors (Lipinski definition) is 1. The molecule has 0 radical (unpaired) electrons. The van der Waals surface area contributed by atoms with E-state index in [9.17, 15) is 4.79 Å². The van der Waals surface area contributed by atoms with Crippen molar-refractivity contribution in [2.45, 2.75) is 50.0 Å². The van der Waals surface area contributed by atoms with Crippen molar-refractivity contribution in [3.8, 4) is 0 Å². The Morgan fingerprint density at radius 3 is 2.62 bits per heavy atom. The van der Waals surface area contributed by atoms with E-state index >= 15 is 0 Å². The van der Waals surface area contributed by atoms with E-state index in [1.54, 1.807) is 11.8 Å². The summed E-state index contributed by atoms with van der Waals surface area (Å²) in [5.74, 6) is -0.200. The van der Waals surface area contributed by atoms with E-state index in [1.165, 1.54) is 0 Å². The average Bonchev–Trinajstić information content (AvgIpc) is 2.80. The maximum absolute atomic E-state index is 11.1. The number of rotatable bonds is 5. The molecule has 0 saturated heterocycles. The molecule has 1 saturated carbocycles. The third-order valence-electron chi connectivity index (χ3n) is 2.89. The summed E-state index contributed by atoms with van der Waals surface area (Å²) >= 11 is 1.65. The summed E-state index contributed by atoms with van der Waals surface area (Å²) < 4.78 is -0.426. The van der Waals surface area contributed by atoms with Crippen molar-refractivity contribution in [2.75, 3.05) is 0 Å². The Morgan fingerprint density at radius 2 is 2.31 bits per heavy atom. The molecular formula is C10H18O2S. The standard InChI is InChI=1S/C10H18O2S/c1-4-7(3)13-10(9(11)12)6-8(10)5-2/h7-8H,4-6H2,1-3H3,(H,11,12). The van der Waals surface area contributed by atoms with E-state index in [-0.39, 0.29) is 0 Å². The highest BCUT2D eigenvalue weighted by Gasteiger charge is 2.60. The zero-order valence-electron chi connectivity index (χ0n) is 8.54. The Hall–Kier alpha value is -0.180. The van der Waals surface area contributed by atoms with Crippen LogP contribution in [0.5, 0.6) is 0 Å². The van der Waals surface area contributed by atoms with Crippen LogP contribution in [0.3, 0.4) is 0 Å². The SMILES string of the molecule is CCC(C)SC1(C(=O)O)CC1CC. The lowest BCUT2D eigenvalue weighted by atomic mass is 10.2. The zero-order valence-corrected chi connectivity index (χ0v) is 9.36. The second-order valence-electron chi connectivity index (χ2n) is 3.84. The minimum atomic E-state index is -0.607. The molecule has 1 rings (SSSR count). The van der Waals surface area contributed by atoms with Gasteiger partial charge in [0.25, 0.3) is 0 Å². The van der Waals surface area contributed by atoms with Gasteiger partial charge in [-0.25, -0.2) is 0 Å². The summed E-state index contributed by atoms with van der Waals surface area (Å²) in [7, 11) is 0. The quantitative estimate of drug-likeness (QED) is 0.745. The van der Waals surface area contributed by atoms with E-state index in [0.717, 1.165) is 19.3 Å². The number of carboxylic acid groups (broad SMARTS) is 1. The van der Waals surface area contributed by atoms with Crippen LogP contribution in [0, 0.1) is 5.92 Å². The van der Waals surface area contributed by atoms with Crippen LogP contribution in [0.15, 0.2) is 0 Å². The van der Waals surface area contributed by atoms with Crippen LogP contribution in [0.1, 0.15) is 40.0 Å². The fourth-order valence-electron chi connectivity index (χ4n) is 1.68. The first-order chi connectivity index (χ1) is 6.06. The monoisotopic (exact) mass is 202 g/mol. The smallest absolute Gasteiger partial charge is 0.320 e. The van der Waals surface area contributed by atoms with E-state index < -0.39 is 10.7 Å². The molecule has 1 N–H and O–H groups in total. The Kier molecular flexibility index (Phi) is 3.28. The van der Waals surface area contributed by atoms with Crippen molar-refractivity contribution in [1.29, 1.82) is 0 Å². The van der Waals surface area contributed by atoms with E-state index in [0.29, 0.717) is 11.2 Å². The van der Waals surface area contributed by atoms with Gasteiger partial charge in [0.1, 0.15) is 4.75 Å². The Morgan fingerprint density at radius 1 is 1.69 bits per heavy atom. The Labute approximate surface area is 84.1 Å².